The Morgan fingerprint density at radius 2 is 1.61 bits per heavy atom. The van der Waals surface area contributed by atoms with Crippen molar-refractivity contribution < 1.29 is 22.3 Å². The molecule has 8 heteroatoms. The summed E-state index contributed by atoms with van der Waals surface area (Å²) in [5.74, 6) is -0.520. The lowest BCUT2D eigenvalue weighted by Gasteiger charge is -2.34. The van der Waals surface area contributed by atoms with E-state index in [4.69, 9.17) is 4.74 Å². The van der Waals surface area contributed by atoms with Gasteiger partial charge in [0.2, 0.25) is 15.9 Å². The van der Waals surface area contributed by atoms with Gasteiger partial charge in [-0.2, -0.15) is 4.31 Å². The first kappa shape index (κ1) is 20.3. The predicted octanol–water partition coefficient (Wildman–Crippen LogP) is 2.27. The van der Waals surface area contributed by atoms with E-state index in [1.807, 2.05) is 18.2 Å². The van der Waals surface area contributed by atoms with Crippen LogP contribution in [0.3, 0.4) is 0 Å². The number of hydrogen-bond donors (Lipinski definition) is 0. The lowest BCUT2D eigenvalue weighted by atomic mass is 10.2. The molecule has 1 saturated heterocycles. The molecule has 1 aliphatic heterocycles. The van der Waals surface area contributed by atoms with Crippen molar-refractivity contribution in [2.24, 2.45) is 0 Å². The van der Waals surface area contributed by atoms with Crippen LogP contribution in [0.5, 0.6) is 5.75 Å². The molecule has 1 fully saturated rings. The highest BCUT2D eigenvalue weighted by molar-refractivity contribution is 7.88. The molecular weight excluding hydrogens is 383 g/mol. The number of carbonyl (C=O) groups excluding carboxylic acids is 1. The summed E-state index contributed by atoms with van der Waals surface area (Å²) in [6.45, 7) is 1.30. The molecule has 0 radical (unpaired) electrons. The second-order valence-corrected chi connectivity index (χ2v) is 8.52. The van der Waals surface area contributed by atoms with Crippen molar-refractivity contribution in [1.82, 2.24) is 9.21 Å². The van der Waals surface area contributed by atoms with Gasteiger partial charge in [-0.15, -0.1) is 0 Å². The fraction of sp³-hybridized carbons (Fsp3) is 0.350. The molecule has 1 heterocycles. The van der Waals surface area contributed by atoms with Gasteiger partial charge < -0.3 is 9.64 Å². The van der Waals surface area contributed by atoms with E-state index in [-0.39, 0.29) is 43.5 Å². The maximum absolute atomic E-state index is 13.5. The zero-order valence-electron chi connectivity index (χ0n) is 15.5. The Kier molecular flexibility index (Phi) is 6.64. The standard InChI is InChI=1S/C20H23FN2O4S/c21-18-8-4-5-9-19(18)27-15-10-20(24)22-11-13-23(14-12-22)28(25,26)16-17-6-2-1-3-7-17/h1-9H,10-16H2. The fourth-order valence-corrected chi connectivity index (χ4v) is 4.58. The van der Waals surface area contributed by atoms with Gasteiger partial charge in [-0.25, -0.2) is 12.8 Å². The van der Waals surface area contributed by atoms with Crippen molar-refractivity contribution in [3.8, 4) is 5.75 Å². The lowest BCUT2D eigenvalue weighted by Crippen LogP contribution is -2.50. The molecule has 2 aromatic rings. The second-order valence-electron chi connectivity index (χ2n) is 6.55. The van der Waals surface area contributed by atoms with Gasteiger partial charge in [-0.3, -0.25) is 4.79 Å². The molecule has 0 spiro atoms. The Morgan fingerprint density at radius 1 is 0.964 bits per heavy atom. The number of ether oxygens (including phenoxy) is 1. The van der Waals surface area contributed by atoms with Crippen molar-refractivity contribution in [2.75, 3.05) is 32.8 Å². The summed E-state index contributed by atoms with van der Waals surface area (Å²) < 4.78 is 45.4. The average Bonchev–Trinajstić information content (AvgIpc) is 2.70. The number of nitrogens with zero attached hydrogens (tertiary/aromatic N) is 2. The van der Waals surface area contributed by atoms with Crippen LogP contribution in [-0.2, 0) is 20.6 Å². The number of para-hydroxylation sites is 1. The molecule has 0 aromatic heterocycles. The molecule has 1 aliphatic rings. The van der Waals surface area contributed by atoms with Crippen LogP contribution in [0, 0.1) is 5.82 Å². The average molecular weight is 406 g/mol. The molecule has 0 bridgehead atoms. The number of rotatable bonds is 7. The second kappa shape index (κ2) is 9.16. The van der Waals surface area contributed by atoms with Gasteiger partial charge in [0.05, 0.1) is 18.8 Å². The first-order chi connectivity index (χ1) is 13.5. The highest BCUT2D eigenvalue weighted by Crippen LogP contribution is 2.16. The summed E-state index contributed by atoms with van der Waals surface area (Å²) in [6.07, 6.45) is 0.116. The highest BCUT2D eigenvalue weighted by atomic mass is 32.2. The lowest BCUT2D eigenvalue weighted by molar-refractivity contribution is -0.132. The zero-order valence-corrected chi connectivity index (χ0v) is 16.3. The number of piperazine rings is 1. The van der Waals surface area contributed by atoms with Gasteiger partial charge in [0, 0.05) is 26.2 Å². The molecular formula is C20H23FN2O4S. The molecule has 0 atom stereocenters. The monoisotopic (exact) mass is 406 g/mol. The normalized spacial score (nSPS) is 15.4. The van der Waals surface area contributed by atoms with Crippen molar-refractivity contribution in [2.45, 2.75) is 12.2 Å². The summed E-state index contributed by atoms with van der Waals surface area (Å²) in [4.78, 5) is 13.9. The Morgan fingerprint density at radius 3 is 2.29 bits per heavy atom. The summed E-state index contributed by atoms with van der Waals surface area (Å²) in [5, 5.41) is 0. The number of hydrogen-bond acceptors (Lipinski definition) is 4. The van der Waals surface area contributed by atoms with E-state index in [9.17, 15) is 17.6 Å². The summed E-state index contributed by atoms with van der Waals surface area (Å²) in [7, 11) is -3.41. The summed E-state index contributed by atoms with van der Waals surface area (Å²) in [5.41, 5.74) is 0.742. The third-order valence-electron chi connectivity index (χ3n) is 4.59. The van der Waals surface area contributed by atoms with E-state index >= 15 is 0 Å². The van der Waals surface area contributed by atoms with Crippen LogP contribution in [-0.4, -0.2) is 56.3 Å². The van der Waals surface area contributed by atoms with Crippen molar-refractivity contribution in [3.05, 3.63) is 66.0 Å². The SMILES string of the molecule is O=C(CCOc1ccccc1F)N1CCN(S(=O)(=O)Cc2ccccc2)CC1. The molecule has 28 heavy (non-hydrogen) atoms. The van der Waals surface area contributed by atoms with Crippen LogP contribution in [0.15, 0.2) is 54.6 Å². The van der Waals surface area contributed by atoms with Crippen LogP contribution < -0.4 is 4.74 Å². The van der Waals surface area contributed by atoms with Crippen LogP contribution in [0.2, 0.25) is 0 Å². The van der Waals surface area contributed by atoms with Crippen molar-refractivity contribution in [3.63, 3.8) is 0 Å². The van der Waals surface area contributed by atoms with Crippen LogP contribution in [0.4, 0.5) is 4.39 Å². The largest absolute Gasteiger partial charge is 0.490 e. The quantitative estimate of drug-likeness (QED) is 0.708. The van der Waals surface area contributed by atoms with E-state index in [1.165, 1.54) is 16.4 Å². The molecule has 0 saturated carbocycles. The molecule has 0 N–H and O–H groups in total. The Hall–Kier alpha value is -2.45. The Labute approximate surface area is 164 Å². The van der Waals surface area contributed by atoms with E-state index in [2.05, 4.69) is 0 Å². The van der Waals surface area contributed by atoms with Crippen molar-refractivity contribution >= 4 is 15.9 Å². The highest BCUT2D eigenvalue weighted by Gasteiger charge is 2.28. The van der Waals surface area contributed by atoms with Gasteiger partial charge in [0.15, 0.2) is 11.6 Å². The number of halogens is 1. The van der Waals surface area contributed by atoms with E-state index in [1.54, 1.807) is 29.2 Å². The summed E-state index contributed by atoms with van der Waals surface area (Å²) >= 11 is 0. The number of sulfonamides is 1. The van der Waals surface area contributed by atoms with Gasteiger partial charge in [-0.05, 0) is 17.7 Å². The third kappa shape index (κ3) is 5.30. The first-order valence-corrected chi connectivity index (χ1v) is 10.7. The molecule has 6 nitrogen and oxygen atoms in total. The maximum atomic E-state index is 13.5. The molecule has 0 aliphatic carbocycles. The van der Waals surface area contributed by atoms with Gasteiger partial charge in [0.1, 0.15) is 0 Å². The minimum Gasteiger partial charge on any atom is -0.490 e. The number of carbonyl (C=O) groups is 1. The minimum atomic E-state index is -3.41. The smallest absolute Gasteiger partial charge is 0.226 e. The van der Waals surface area contributed by atoms with Gasteiger partial charge in [-0.1, -0.05) is 42.5 Å². The molecule has 1 amide bonds. The molecule has 2 aromatic carbocycles. The minimum absolute atomic E-state index is 0.0434. The predicted molar refractivity (Wildman–Crippen MR) is 104 cm³/mol. The van der Waals surface area contributed by atoms with Gasteiger partial charge >= 0.3 is 0 Å². The molecule has 3 rings (SSSR count). The maximum Gasteiger partial charge on any atom is 0.226 e. The first-order valence-electron chi connectivity index (χ1n) is 9.12. The van der Waals surface area contributed by atoms with Crippen LogP contribution >= 0.6 is 0 Å². The third-order valence-corrected chi connectivity index (χ3v) is 6.44. The fourth-order valence-electron chi connectivity index (χ4n) is 3.06. The van der Waals surface area contributed by atoms with Gasteiger partial charge in [0.25, 0.3) is 0 Å². The number of benzene rings is 2. The van der Waals surface area contributed by atoms with E-state index in [0.717, 1.165) is 5.56 Å². The number of amides is 1. The molecule has 0 unspecified atom stereocenters. The van der Waals surface area contributed by atoms with Crippen LogP contribution in [0.1, 0.15) is 12.0 Å². The molecule has 150 valence electrons. The van der Waals surface area contributed by atoms with Crippen LogP contribution in [0.25, 0.3) is 0 Å². The van der Waals surface area contributed by atoms with E-state index < -0.39 is 15.8 Å². The Balaban J connectivity index is 1.45. The summed E-state index contributed by atoms with van der Waals surface area (Å²) in [6, 6.07) is 15.1. The topological polar surface area (TPSA) is 66.9 Å². The van der Waals surface area contributed by atoms with Crippen molar-refractivity contribution in [1.29, 1.82) is 0 Å². The zero-order chi connectivity index (χ0) is 20.0. The Bertz CT molecular complexity index is 897. The van der Waals surface area contributed by atoms with E-state index in [0.29, 0.717) is 13.1 Å².